The third-order valence-corrected chi connectivity index (χ3v) is 4.40. The molecule has 0 saturated carbocycles. The molecule has 24 heavy (non-hydrogen) atoms. The first-order chi connectivity index (χ1) is 10.7. The van der Waals surface area contributed by atoms with Crippen molar-refractivity contribution in [3.63, 3.8) is 0 Å². The summed E-state index contributed by atoms with van der Waals surface area (Å²) in [5.74, 6) is 1.09. The molecule has 1 aliphatic heterocycles. The van der Waals surface area contributed by atoms with Crippen LogP contribution in [0.2, 0.25) is 0 Å². The molecule has 1 saturated heterocycles. The monoisotopic (exact) mass is 372 g/mol. The van der Waals surface area contributed by atoms with Gasteiger partial charge in [-0.15, -0.1) is 24.8 Å². The van der Waals surface area contributed by atoms with E-state index in [1.165, 1.54) is 0 Å². The summed E-state index contributed by atoms with van der Waals surface area (Å²) < 4.78 is 2.03. The molecule has 1 aromatic carbocycles. The molecule has 134 valence electrons. The Morgan fingerprint density at radius 1 is 1.38 bits per heavy atom. The minimum atomic E-state index is 0. The molecule has 1 amide bonds. The summed E-state index contributed by atoms with van der Waals surface area (Å²) in [5.41, 5.74) is 1.99. The SMILES string of the molecule is CCCN(C(=O)Cn1c(C)nc2ccccc21)C1CCNC1.Cl.Cl. The number of imidazole rings is 1. The maximum atomic E-state index is 12.8. The Kier molecular flexibility index (Phi) is 8.00. The molecule has 1 fully saturated rings. The predicted octanol–water partition coefficient (Wildman–Crippen LogP) is 2.79. The predicted molar refractivity (Wildman–Crippen MR) is 102 cm³/mol. The second-order valence-corrected chi connectivity index (χ2v) is 5.97. The Labute approximate surface area is 155 Å². The number of amides is 1. The summed E-state index contributed by atoms with van der Waals surface area (Å²) in [7, 11) is 0. The smallest absolute Gasteiger partial charge is 0.242 e. The highest BCUT2D eigenvalue weighted by Gasteiger charge is 2.26. The first-order valence-corrected chi connectivity index (χ1v) is 8.12. The van der Waals surface area contributed by atoms with Crippen LogP contribution in [0.1, 0.15) is 25.6 Å². The van der Waals surface area contributed by atoms with Gasteiger partial charge >= 0.3 is 0 Å². The van der Waals surface area contributed by atoms with Gasteiger partial charge in [0.2, 0.25) is 5.91 Å². The van der Waals surface area contributed by atoms with Crippen molar-refractivity contribution in [2.24, 2.45) is 0 Å². The van der Waals surface area contributed by atoms with Crippen LogP contribution >= 0.6 is 24.8 Å². The van der Waals surface area contributed by atoms with Gasteiger partial charge in [0.1, 0.15) is 12.4 Å². The van der Waals surface area contributed by atoms with E-state index in [2.05, 4.69) is 17.2 Å². The summed E-state index contributed by atoms with van der Waals surface area (Å²) in [6.07, 6.45) is 2.04. The number of nitrogens with one attached hydrogen (secondary N) is 1. The third-order valence-electron chi connectivity index (χ3n) is 4.40. The fourth-order valence-electron chi connectivity index (χ4n) is 3.28. The van der Waals surface area contributed by atoms with Crippen molar-refractivity contribution in [2.45, 2.75) is 39.3 Å². The van der Waals surface area contributed by atoms with Gasteiger partial charge in [0.15, 0.2) is 0 Å². The van der Waals surface area contributed by atoms with E-state index < -0.39 is 0 Å². The number of carbonyl (C=O) groups excluding carboxylic acids is 1. The Balaban J connectivity index is 0.00000144. The van der Waals surface area contributed by atoms with Gasteiger partial charge < -0.3 is 14.8 Å². The van der Waals surface area contributed by atoms with E-state index in [1.807, 2.05) is 40.7 Å². The summed E-state index contributed by atoms with van der Waals surface area (Å²) in [4.78, 5) is 19.4. The average Bonchev–Trinajstić information content (AvgIpc) is 3.14. The number of benzene rings is 1. The van der Waals surface area contributed by atoms with Crippen LogP contribution in [-0.2, 0) is 11.3 Å². The van der Waals surface area contributed by atoms with E-state index in [0.717, 1.165) is 49.3 Å². The second kappa shape index (κ2) is 9.25. The molecule has 0 bridgehead atoms. The molecule has 0 aliphatic carbocycles. The van der Waals surface area contributed by atoms with Crippen LogP contribution in [0.25, 0.3) is 11.0 Å². The molecule has 1 aromatic heterocycles. The van der Waals surface area contributed by atoms with Gasteiger partial charge in [-0.05, 0) is 38.4 Å². The van der Waals surface area contributed by atoms with Crippen LogP contribution in [0, 0.1) is 6.92 Å². The highest BCUT2D eigenvalue weighted by atomic mass is 35.5. The van der Waals surface area contributed by atoms with E-state index in [-0.39, 0.29) is 30.7 Å². The molecule has 2 aromatic rings. The van der Waals surface area contributed by atoms with Crippen molar-refractivity contribution in [3.8, 4) is 0 Å². The van der Waals surface area contributed by atoms with Gasteiger partial charge in [0, 0.05) is 19.1 Å². The number of halogens is 2. The standard InChI is InChI=1S/C17H24N4O.2ClH/c1-3-10-20(14-8-9-18-11-14)17(22)12-21-13(2)19-15-6-4-5-7-16(15)21;;/h4-7,14,18H,3,8-12H2,1-2H3;2*1H. The molecule has 1 unspecified atom stereocenters. The molecule has 5 nitrogen and oxygen atoms in total. The van der Waals surface area contributed by atoms with E-state index in [4.69, 9.17) is 0 Å². The zero-order chi connectivity index (χ0) is 15.5. The van der Waals surface area contributed by atoms with E-state index in [1.54, 1.807) is 0 Å². The van der Waals surface area contributed by atoms with Crippen LogP contribution in [0.15, 0.2) is 24.3 Å². The second-order valence-electron chi connectivity index (χ2n) is 5.97. The summed E-state index contributed by atoms with van der Waals surface area (Å²) in [6, 6.07) is 8.34. The molecule has 0 radical (unpaired) electrons. The lowest BCUT2D eigenvalue weighted by molar-refractivity contribution is -0.133. The van der Waals surface area contributed by atoms with Crippen LogP contribution in [-0.4, -0.2) is 46.0 Å². The lowest BCUT2D eigenvalue weighted by Crippen LogP contribution is -2.43. The highest BCUT2D eigenvalue weighted by molar-refractivity contribution is 5.85. The lowest BCUT2D eigenvalue weighted by Gasteiger charge is -2.28. The Morgan fingerprint density at radius 2 is 2.12 bits per heavy atom. The fraction of sp³-hybridized carbons (Fsp3) is 0.529. The van der Waals surface area contributed by atoms with Crippen LogP contribution in [0.3, 0.4) is 0 Å². The van der Waals surface area contributed by atoms with Crippen molar-refractivity contribution in [3.05, 3.63) is 30.1 Å². The Morgan fingerprint density at radius 3 is 2.79 bits per heavy atom. The number of carbonyl (C=O) groups is 1. The number of hydrogen-bond acceptors (Lipinski definition) is 3. The van der Waals surface area contributed by atoms with E-state index >= 15 is 0 Å². The van der Waals surface area contributed by atoms with Gasteiger partial charge in [-0.25, -0.2) is 4.98 Å². The maximum Gasteiger partial charge on any atom is 0.242 e. The molecule has 2 heterocycles. The quantitative estimate of drug-likeness (QED) is 0.877. The average molecular weight is 373 g/mol. The van der Waals surface area contributed by atoms with Crippen LogP contribution < -0.4 is 5.32 Å². The third kappa shape index (κ3) is 4.21. The van der Waals surface area contributed by atoms with E-state index in [9.17, 15) is 4.79 Å². The number of para-hydroxylation sites is 2. The molecule has 1 N–H and O–H groups in total. The van der Waals surface area contributed by atoms with Gasteiger partial charge in [0.25, 0.3) is 0 Å². The minimum Gasteiger partial charge on any atom is -0.337 e. The maximum absolute atomic E-state index is 12.8. The molecule has 0 spiro atoms. The Bertz CT molecular complexity index is 668. The first kappa shape index (κ1) is 20.7. The minimum absolute atomic E-state index is 0. The first-order valence-electron chi connectivity index (χ1n) is 8.12. The number of nitrogens with zero attached hydrogens (tertiary/aromatic N) is 3. The molecule has 7 heteroatoms. The largest absolute Gasteiger partial charge is 0.337 e. The zero-order valence-electron chi connectivity index (χ0n) is 14.2. The van der Waals surface area contributed by atoms with Crippen LogP contribution in [0.4, 0.5) is 0 Å². The topological polar surface area (TPSA) is 50.2 Å². The molecular formula is C17H26Cl2N4O. The van der Waals surface area contributed by atoms with Gasteiger partial charge in [-0.2, -0.15) is 0 Å². The summed E-state index contributed by atoms with van der Waals surface area (Å²) in [5, 5.41) is 3.35. The van der Waals surface area contributed by atoms with Gasteiger partial charge in [0.05, 0.1) is 11.0 Å². The van der Waals surface area contributed by atoms with Gasteiger partial charge in [-0.3, -0.25) is 4.79 Å². The van der Waals surface area contributed by atoms with Gasteiger partial charge in [-0.1, -0.05) is 19.1 Å². The number of aromatic nitrogens is 2. The molecule has 1 atom stereocenters. The van der Waals surface area contributed by atoms with Crippen molar-refractivity contribution in [1.29, 1.82) is 0 Å². The van der Waals surface area contributed by atoms with E-state index in [0.29, 0.717) is 12.6 Å². The fourth-order valence-corrected chi connectivity index (χ4v) is 3.28. The molecule has 1 aliphatic rings. The molecular weight excluding hydrogens is 347 g/mol. The lowest BCUT2D eigenvalue weighted by atomic mass is 10.2. The zero-order valence-corrected chi connectivity index (χ0v) is 15.8. The van der Waals surface area contributed by atoms with Crippen molar-refractivity contribution in [1.82, 2.24) is 19.8 Å². The highest BCUT2D eigenvalue weighted by Crippen LogP contribution is 2.17. The summed E-state index contributed by atoms with van der Waals surface area (Å²) in [6.45, 7) is 7.22. The van der Waals surface area contributed by atoms with Crippen molar-refractivity contribution >= 4 is 41.8 Å². The van der Waals surface area contributed by atoms with Crippen LogP contribution in [0.5, 0.6) is 0 Å². The number of hydrogen-bond donors (Lipinski definition) is 1. The number of fused-ring (bicyclic) bond motifs is 1. The van der Waals surface area contributed by atoms with Crippen molar-refractivity contribution in [2.75, 3.05) is 19.6 Å². The van der Waals surface area contributed by atoms with Crippen molar-refractivity contribution < 1.29 is 4.79 Å². The molecule has 3 rings (SSSR count). The Hall–Kier alpha value is -1.30. The number of rotatable bonds is 5. The number of aryl methyl sites for hydroxylation is 1. The normalized spacial score (nSPS) is 16.5. The summed E-state index contributed by atoms with van der Waals surface area (Å²) >= 11 is 0.